The van der Waals surface area contributed by atoms with Gasteiger partial charge in [0.2, 0.25) is 0 Å². The van der Waals surface area contributed by atoms with Crippen molar-refractivity contribution in [3.8, 4) is 0 Å². The number of likely N-dealkylation sites (tertiary alicyclic amines) is 1. The van der Waals surface area contributed by atoms with Gasteiger partial charge in [-0.25, -0.2) is 22.9 Å². The number of ether oxygens (including phenoxy) is 1. The minimum Gasteiger partial charge on any atom is -0.466 e. The fourth-order valence-electron chi connectivity index (χ4n) is 4.71. The molecule has 2 N–H and O–H groups in total. The quantitative estimate of drug-likeness (QED) is 0.517. The van der Waals surface area contributed by atoms with Gasteiger partial charge in [-0.2, -0.15) is 0 Å². The van der Waals surface area contributed by atoms with Crippen LogP contribution in [0.25, 0.3) is 0 Å². The fourth-order valence-corrected chi connectivity index (χ4v) is 6.50. The van der Waals surface area contributed by atoms with Crippen LogP contribution >= 0.6 is 11.3 Å². The first-order valence-corrected chi connectivity index (χ1v) is 14.0. The highest BCUT2D eigenvalue weighted by molar-refractivity contribution is 7.90. The molecule has 5 rings (SSSR count). The molecule has 2 aliphatic heterocycles. The maximum atomic E-state index is 13.3. The molecule has 10 nitrogen and oxygen atoms in total. The molecular weight excluding hydrogens is 502 g/mol. The molecule has 1 amide bonds. The Bertz CT molecular complexity index is 1360. The van der Waals surface area contributed by atoms with Crippen molar-refractivity contribution in [3.63, 3.8) is 0 Å². The van der Waals surface area contributed by atoms with Crippen molar-refractivity contribution in [2.45, 2.75) is 37.1 Å². The van der Waals surface area contributed by atoms with E-state index in [0.717, 1.165) is 18.5 Å². The summed E-state index contributed by atoms with van der Waals surface area (Å²) in [4.78, 5) is 36.7. The molecule has 0 radical (unpaired) electrons. The number of rotatable bonds is 7. The number of aliphatic imine (C=N–C) groups is 1. The van der Waals surface area contributed by atoms with Crippen LogP contribution in [0.2, 0.25) is 0 Å². The lowest BCUT2D eigenvalue weighted by atomic mass is 10.0. The van der Waals surface area contributed by atoms with Gasteiger partial charge in [-0.1, -0.05) is 18.2 Å². The lowest BCUT2D eigenvalue weighted by molar-refractivity contribution is -0.136. The summed E-state index contributed by atoms with van der Waals surface area (Å²) in [6, 6.07) is 7.18. The number of aromatic nitrogens is 1. The molecule has 1 aromatic heterocycles. The zero-order valence-corrected chi connectivity index (χ0v) is 21.6. The van der Waals surface area contributed by atoms with E-state index in [9.17, 15) is 18.0 Å². The normalized spacial score (nSPS) is 21.2. The lowest BCUT2D eigenvalue weighted by Crippen LogP contribution is -2.47. The number of esters is 1. The number of benzene rings is 1. The van der Waals surface area contributed by atoms with Crippen LogP contribution < -0.4 is 10.0 Å². The number of nitrogens with zero attached hydrogens (tertiary/aromatic N) is 3. The average Bonchev–Trinajstić information content (AvgIpc) is 3.31. The number of hydrogen-bond donors (Lipinski definition) is 2. The van der Waals surface area contributed by atoms with Crippen molar-refractivity contribution in [1.82, 2.24) is 19.9 Å². The Kier molecular flexibility index (Phi) is 6.43. The molecule has 36 heavy (non-hydrogen) atoms. The molecular formula is C24H27N5O5S2. The standard InChI is InChI=1S/C24H27N5O5S2/c1-15-13-35-22(26-15)20-25-11-17(23(31)34-2)18(27-20)12-29-14-24(8-9-24)10-19(29)21(30)28-36(32,33)16-6-4-3-5-7-16/h3-7,13,19H,8-12,14H2,1-2H3,(H,25,27)(H,28,30). The number of amides is 1. The van der Waals surface area contributed by atoms with Crippen molar-refractivity contribution >= 4 is 39.1 Å². The zero-order valence-electron chi connectivity index (χ0n) is 20.0. The van der Waals surface area contributed by atoms with Gasteiger partial charge in [-0.15, -0.1) is 11.3 Å². The Morgan fingerprint density at radius 2 is 2.03 bits per heavy atom. The van der Waals surface area contributed by atoms with Crippen LogP contribution in [0.15, 0.2) is 56.9 Å². The maximum Gasteiger partial charge on any atom is 0.337 e. The van der Waals surface area contributed by atoms with Gasteiger partial charge in [-0.3, -0.25) is 14.7 Å². The summed E-state index contributed by atoms with van der Waals surface area (Å²) < 4.78 is 32.8. The topological polar surface area (TPSA) is 130 Å². The van der Waals surface area contributed by atoms with Gasteiger partial charge in [0.15, 0.2) is 10.8 Å². The molecule has 1 aromatic carbocycles. The molecule has 1 saturated carbocycles. The highest BCUT2D eigenvalue weighted by atomic mass is 32.2. The lowest BCUT2D eigenvalue weighted by Gasteiger charge is -2.28. The summed E-state index contributed by atoms with van der Waals surface area (Å²) in [7, 11) is -2.68. The van der Waals surface area contributed by atoms with Crippen LogP contribution in [0.3, 0.4) is 0 Å². The third-order valence-corrected chi connectivity index (χ3v) is 9.13. The minimum atomic E-state index is -3.99. The van der Waals surface area contributed by atoms with E-state index < -0.39 is 27.9 Å². The monoisotopic (exact) mass is 529 g/mol. The molecule has 1 aliphatic carbocycles. The van der Waals surface area contributed by atoms with Crippen LogP contribution in [0.5, 0.6) is 0 Å². The third-order valence-electron chi connectivity index (χ3n) is 6.80. The van der Waals surface area contributed by atoms with Gasteiger partial charge in [0, 0.05) is 29.9 Å². The number of amidine groups is 1. The van der Waals surface area contributed by atoms with Gasteiger partial charge in [0.1, 0.15) is 0 Å². The van der Waals surface area contributed by atoms with Crippen molar-refractivity contribution in [3.05, 3.63) is 57.7 Å². The summed E-state index contributed by atoms with van der Waals surface area (Å²) >= 11 is 1.45. The number of carbonyl (C=O) groups is 2. The highest BCUT2D eigenvalue weighted by Gasteiger charge is 2.54. The zero-order chi connectivity index (χ0) is 25.5. The summed E-state index contributed by atoms with van der Waals surface area (Å²) in [6.45, 7) is 2.91. The van der Waals surface area contributed by atoms with E-state index in [0.29, 0.717) is 35.1 Å². The Balaban J connectivity index is 1.38. The highest BCUT2D eigenvalue weighted by Crippen LogP contribution is 2.55. The number of aryl methyl sites for hydroxylation is 1. The summed E-state index contributed by atoms with van der Waals surface area (Å²) in [5, 5.41) is 5.87. The Morgan fingerprint density at radius 1 is 1.28 bits per heavy atom. The molecule has 12 heteroatoms. The largest absolute Gasteiger partial charge is 0.466 e. The molecule has 1 saturated heterocycles. The van der Waals surface area contributed by atoms with E-state index in [1.807, 2.05) is 17.2 Å². The van der Waals surface area contributed by atoms with Gasteiger partial charge >= 0.3 is 5.97 Å². The van der Waals surface area contributed by atoms with Crippen molar-refractivity contribution in [2.75, 3.05) is 26.7 Å². The van der Waals surface area contributed by atoms with Crippen LogP contribution in [-0.2, 0) is 24.3 Å². The smallest absolute Gasteiger partial charge is 0.337 e. The maximum absolute atomic E-state index is 13.3. The third kappa shape index (κ3) is 4.93. The fraction of sp³-hybridized carbons (Fsp3) is 0.417. The first kappa shape index (κ1) is 24.6. The second-order valence-electron chi connectivity index (χ2n) is 9.44. The second kappa shape index (κ2) is 9.41. The number of thiazole rings is 1. The predicted octanol–water partition coefficient (Wildman–Crippen LogP) is 1.59. The molecule has 1 spiro atoms. The predicted molar refractivity (Wildman–Crippen MR) is 134 cm³/mol. The SMILES string of the molecule is COC(=O)C1=C(CN2CC3(CC3)CC2C(=O)NS(=O)(=O)c2ccccc2)NC(c2nc(C)cs2)=NC1. The molecule has 2 aromatic rings. The van der Waals surface area contributed by atoms with E-state index >= 15 is 0 Å². The number of hydrogen-bond acceptors (Lipinski definition) is 10. The molecule has 3 heterocycles. The molecule has 3 aliphatic rings. The van der Waals surface area contributed by atoms with E-state index in [1.54, 1.807) is 18.2 Å². The molecule has 1 atom stereocenters. The first-order chi connectivity index (χ1) is 17.2. The number of sulfonamides is 1. The van der Waals surface area contributed by atoms with Gasteiger partial charge in [0.05, 0.1) is 30.2 Å². The van der Waals surface area contributed by atoms with Crippen LogP contribution in [0.4, 0.5) is 0 Å². The van der Waals surface area contributed by atoms with Crippen molar-refractivity contribution < 1.29 is 22.7 Å². The van der Waals surface area contributed by atoms with Gasteiger partial charge in [-0.05, 0) is 43.7 Å². The number of nitrogens with one attached hydrogen (secondary N) is 2. The molecule has 1 unspecified atom stereocenters. The van der Waals surface area contributed by atoms with Crippen LogP contribution in [0, 0.1) is 12.3 Å². The van der Waals surface area contributed by atoms with Crippen molar-refractivity contribution in [1.29, 1.82) is 0 Å². The Labute approximate surface area is 213 Å². The Hall–Kier alpha value is -3.09. The van der Waals surface area contributed by atoms with Crippen molar-refractivity contribution in [2.24, 2.45) is 10.4 Å². The van der Waals surface area contributed by atoms with Crippen LogP contribution in [0.1, 0.15) is 30.0 Å². The minimum absolute atomic E-state index is 0.00249. The molecule has 0 bridgehead atoms. The summed E-state index contributed by atoms with van der Waals surface area (Å²) in [5.41, 5.74) is 1.83. The first-order valence-electron chi connectivity index (χ1n) is 11.6. The summed E-state index contributed by atoms with van der Waals surface area (Å²) in [6.07, 6.45) is 2.54. The molecule has 190 valence electrons. The number of methoxy groups -OCH3 is 1. The van der Waals surface area contributed by atoms with E-state index in [-0.39, 0.29) is 23.4 Å². The van der Waals surface area contributed by atoms with E-state index in [2.05, 4.69) is 20.0 Å². The van der Waals surface area contributed by atoms with Crippen LogP contribution in [-0.4, -0.2) is 68.8 Å². The number of carbonyl (C=O) groups excluding carboxylic acids is 2. The van der Waals surface area contributed by atoms with E-state index in [1.165, 1.54) is 30.6 Å². The molecule has 2 fully saturated rings. The second-order valence-corrected chi connectivity index (χ2v) is 12.0. The van der Waals surface area contributed by atoms with Gasteiger partial charge < -0.3 is 10.1 Å². The average molecular weight is 530 g/mol. The Morgan fingerprint density at radius 3 is 2.67 bits per heavy atom. The van der Waals surface area contributed by atoms with Gasteiger partial charge in [0.25, 0.3) is 15.9 Å². The summed E-state index contributed by atoms with van der Waals surface area (Å²) in [5.74, 6) is -0.504. The van der Waals surface area contributed by atoms with E-state index in [4.69, 9.17) is 4.74 Å².